The van der Waals surface area contributed by atoms with Gasteiger partial charge >= 0.3 is 0 Å². The number of carbonyl (C=O) groups is 2. The van der Waals surface area contributed by atoms with Crippen molar-refractivity contribution in [1.82, 2.24) is 15.2 Å². The molecular weight excluding hydrogens is 358 g/mol. The Morgan fingerprint density at radius 1 is 1.36 bits per heavy atom. The molecule has 1 aromatic carbocycles. The summed E-state index contributed by atoms with van der Waals surface area (Å²) in [4.78, 5) is 31.1. The van der Waals surface area contributed by atoms with Crippen LogP contribution < -0.4 is 5.32 Å². The highest BCUT2D eigenvalue weighted by molar-refractivity contribution is 5.97. The first-order chi connectivity index (χ1) is 13.6. The van der Waals surface area contributed by atoms with Gasteiger partial charge in [0.2, 0.25) is 5.91 Å². The monoisotopic (exact) mass is 383 g/mol. The third kappa shape index (κ3) is 3.42. The Kier molecular flexibility index (Phi) is 5.17. The second-order valence-electron chi connectivity index (χ2n) is 7.74. The van der Waals surface area contributed by atoms with Crippen molar-refractivity contribution >= 4 is 11.8 Å². The van der Waals surface area contributed by atoms with Crippen molar-refractivity contribution in [2.45, 2.75) is 19.3 Å². The van der Waals surface area contributed by atoms with Gasteiger partial charge in [0, 0.05) is 37.7 Å². The summed E-state index contributed by atoms with van der Waals surface area (Å²) in [5.74, 6) is 0.677. The zero-order chi connectivity index (χ0) is 19.6. The minimum absolute atomic E-state index is 0.0583. The lowest BCUT2D eigenvalue weighted by Crippen LogP contribution is -2.42. The third-order valence-corrected chi connectivity index (χ3v) is 6.05. The number of hydrogen-bond donors (Lipinski definition) is 1. The number of rotatable bonds is 6. The highest BCUT2D eigenvalue weighted by Gasteiger charge is 2.51. The molecule has 1 saturated carbocycles. The Morgan fingerprint density at radius 3 is 2.96 bits per heavy atom. The molecule has 0 spiro atoms. The van der Waals surface area contributed by atoms with Crippen LogP contribution in [0.2, 0.25) is 0 Å². The van der Waals surface area contributed by atoms with E-state index >= 15 is 0 Å². The van der Waals surface area contributed by atoms with Crippen LogP contribution in [0.4, 0.5) is 0 Å². The van der Waals surface area contributed by atoms with Gasteiger partial charge in [0.25, 0.3) is 5.91 Å². The minimum atomic E-state index is -0.116. The number of ether oxygens (including phenoxy) is 1. The number of likely N-dealkylation sites (tertiary alicyclic amines) is 1. The van der Waals surface area contributed by atoms with Crippen LogP contribution in [0.1, 0.15) is 29.8 Å². The second-order valence-corrected chi connectivity index (χ2v) is 7.74. The quantitative estimate of drug-likeness (QED) is 0.828. The van der Waals surface area contributed by atoms with Crippen LogP contribution in [-0.4, -0.2) is 55.0 Å². The molecule has 1 saturated heterocycles. The molecule has 28 heavy (non-hydrogen) atoms. The summed E-state index contributed by atoms with van der Waals surface area (Å²) < 4.78 is 10.4. The van der Waals surface area contributed by atoms with Gasteiger partial charge in [-0.2, -0.15) is 0 Å². The van der Waals surface area contributed by atoms with Crippen LogP contribution in [0, 0.1) is 11.3 Å². The number of amides is 2. The molecule has 2 amide bonds. The molecule has 2 heterocycles. The molecule has 1 aliphatic heterocycles. The number of methoxy groups -OCH3 is 1. The van der Waals surface area contributed by atoms with Crippen LogP contribution in [0.5, 0.6) is 0 Å². The Morgan fingerprint density at radius 2 is 2.18 bits per heavy atom. The van der Waals surface area contributed by atoms with Gasteiger partial charge in [-0.3, -0.25) is 9.59 Å². The summed E-state index contributed by atoms with van der Waals surface area (Å²) >= 11 is 0. The molecule has 2 atom stereocenters. The summed E-state index contributed by atoms with van der Waals surface area (Å²) in [6.07, 6.45) is 4.55. The van der Waals surface area contributed by atoms with Gasteiger partial charge < -0.3 is 19.4 Å². The Labute approximate surface area is 164 Å². The van der Waals surface area contributed by atoms with Gasteiger partial charge in [0.1, 0.15) is 6.61 Å². The Bertz CT molecular complexity index is 850. The molecule has 1 aliphatic carbocycles. The van der Waals surface area contributed by atoms with Gasteiger partial charge in [-0.25, -0.2) is 4.98 Å². The molecule has 0 unspecified atom stereocenters. The second kappa shape index (κ2) is 7.75. The smallest absolute Gasteiger partial charge is 0.276 e. The molecule has 2 aliphatic rings. The lowest BCUT2D eigenvalue weighted by Gasteiger charge is -2.29. The molecule has 0 radical (unpaired) electrons. The van der Waals surface area contributed by atoms with Crippen LogP contribution in [0.3, 0.4) is 0 Å². The Balaban J connectivity index is 1.50. The molecule has 148 valence electrons. The largest absolute Gasteiger partial charge is 0.443 e. The van der Waals surface area contributed by atoms with E-state index in [0.29, 0.717) is 37.0 Å². The molecule has 2 aromatic rings. The number of benzene rings is 1. The summed E-state index contributed by atoms with van der Waals surface area (Å²) in [6, 6.07) is 9.55. The predicted molar refractivity (Wildman–Crippen MR) is 103 cm³/mol. The fourth-order valence-corrected chi connectivity index (χ4v) is 4.66. The average molecular weight is 383 g/mol. The van der Waals surface area contributed by atoms with E-state index in [0.717, 1.165) is 24.8 Å². The highest BCUT2D eigenvalue weighted by Crippen LogP contribution is 2.48. The normalized spacial score (nSPS) is 23.6. The summed E-state index contributed by atoms with van der Waals surface area (Å²) in [6.45, 7) is 1.96. The van der Waals surface area contributed by atoms with Gasteiger partial charge in [-0.15, -0.1) is 0 Å². The number of nitrogens with one attached hydrogen (secondary N) is 1. The molecule has 0 bridgehead atoms. The zero-order valence-electron chi connectivity index (χ0n) is 16.0. The first-order valence-electron chi connectivity index (χ1n) is 9.67. The summed E-state index contributed by atoms with van der Waals surface area (Å²) in [7, 11) is 1.51. The maximum atomic E-state index is 13.2. The molecule has 7 nitrogen and oxygen atoms in total. The summed E-state index contributed by atoms with van der Waals surface area (Å²) in [5.41, 5.74) is 1.13. The highest BCUT2D eigenvalue weighted by atomic mass is 16.5. The van der Waals surface area contributed by atoms with Crippen LogP contribution >= 0.6 is 0 Å². The van der Waals surface area contributed by atoms with E-state index in [1.807, 2.05) is 35.2 Å². The standard InChI is InChI=1S/C21H25N3O4/c1-27-11-17(25)22-12-21-9-5-8-16(21)10-24(13-21)20(26)18-19(28-14-23-18)15-6-3-2-4-7-15/h2-4,6-7,14,16H,5,8-13H2,1H3,(H,22,25)/t16-,21-/m0/s1. The van der Waals surface area contributed by atoms with E-state index in [4.69, 9.17) is 9.15 Å². The molecule has 1 N–H and O–H groups in total. The molecular formula is C21H25N3O4. The van der Waals surface area contributed by atoms with Crippen molar-refractivity contribution < 1.29 is 18.7 Å². The van der Waals surface area contributed by atoms with Crippen molar-refractivity contribution in [2.75, 3.05) is 33.4 Å². The Hall–Kier alpha value is -2.67. The summed E-state index contributed by atoms with van der Waals surface area (Å²) in [5, 5.41) is 2.98. The van der Waals surface area contributed by atoms with Crippen LogP contribution in [0.25, 0.3) is 11.3 Å². The number of oxazole rings is 1. The number of carbonyl (C=O) groups excluding carboxylic acids is 2. The molecule has 4 rings (SSSR count). The van der Waals surface area contributed by atoms with Crippen molar-refractivity contribution in [3.63, 3.8) is 0 Å². The topological polar surface area (TPSA) is 84.7 Å². The zero-order valence-corrected chi connectivity index (χ0v) is 16.0. The lowest BCUT2D eigenvalue weighted by atomic mass is 9.80. The maximum absolute atomic E-state index is 13.2. The SMILES string of the molecule is COCC(=O)NC[C@]12CCC[C@H]1CN(C(=O)c1ncoc1-c1ccccc1)C2. The van der Waals surface area contributed by atoms with Gasteiger partial charge in [0.15, 0.2) is 17.8 Å². The molecule has 1 aromatic heterocycles. The van der Waals surface area contributed by atoms with E-state index in [1.54, 1.807) is 0 Å². The van der Waals surface area contributed by atoms with Crippen LogP contribution in [0.15, 0.2) is 41.1 Å². The first kappa shape index (κ1) is 18.7. The van der Waals surface area contributed by atoms with E-state index in [-0.39, 0.29) is 23.8 Å². The van der Waals surface area contributed by atoms with Crippen molar-refractivity contribution in [3.05, 3.63) is 42.4 Å². The maximum Gasteiger partial charge on any atom is 0.276 e. The first-order valence-corrected chi connectivity index (χ1v) is 9.67. The van der Waals surface area contributed by atoms with Crippen molar-refractivity contribution in [2.24, 2.45) is 11.3 Å². The lowest BCUT2D eigenvalue weighted by molar-refractivity contribution is -0.125. The van der Waals surface area contributed by atoms with E-state index < -0.39 is 0 Å². The third-order valence-electron chi connectivity index (χ3n) is 6.05. The van der Waals surface area contributed by atoms with E-state index in [1.165, 1.54) is 13.5 Å². The molecule has 2 fully saturated rings. The van der Waals surface area contributed by atoms with Gasteiger partial charge in [-0.1, -0.05) is 36.8 Å². The fraction of sp³-hybridized carbons (Fsp3) is 0.476. The number of aromatic nitrogens is 1. The number of fused-ring (bicyclic) bond motifs is 1. The number of hydrogen-bond acceptors (Lipinski definition) is 5. The van der Waals surface area contributed by atoms with Gasteiger partial charge in [-0.05, 0) is 18.8 Å². The predicted octanol–water partition coefficient (Wildman–Crippen LogP) is 2.35. The van der Waals surface area contributed by atoms with E-state index in [2.05, 4.69) is 10.3 Å². The van der Waals surface area contributed by atoms with Crippen LogP contribution in [-0.2, 0) is 9.53 Å². The van der Waals surface area contributed by atoms with Gasteiger partial charge in [0.05, 0.1) is 0 Å². The van der Waals surface area contributed by atoms with Crippen molar-refractivity contribution in [1.29, 1.82) is 0 Å². The fourth-order valence-electron chi connectivity index (χ4n) is 4.66. The average Bonchev–Trinajstić information content (AvgIpc) is 3.41. The minimum Gasteiger partial charge on any atom is -0.443 e. The van der Waals surface area contributed by atoms with Crippen molar-refractivity contribution in [3.8, 4) is 11.3 Å². The number of nitrogens with zero attached hydrogens (tertiary/aromatic N) is 2. The molecule has 7 heteroatoms. The van der Waals surface area contributed by atoms with E-state index in [9.17, 15) is 9.59 Å².